The molecule has 6 nitrogen and oxygen atoms in total. The second kappa shape index (κ2) is 8.58. The molecule has 26 heavy (non-hydrogen) atoms. The first-order chi connectivity index (χ1) is 12.1. The van der Waals surface area contributed by atoms with Gasteiger partial charge in [0.05, 0.1) is 5.02 Å². The Labute approximate surface area is 157 Å². The largest absolute Gasteiger partial charge is 0.484 e. The van der Waals surface area contributed by atoms with E-state index in [1.165, 1.54) is 12.1 Å². The van der Waals surface area contributed by atoms with Crippen LogP contribution >= 0.6 is 11.6 Å². The average Bonchev–Trinajstić information content (AvgIpc) is 2.54. The van der Waals surface area contributed by atoms with Crippen LogP contribution in [0.4, 0.5) is 9.18 Å². The van der Waals surface area contributed by atoms with E-state index in [1.807, 2.05) is 20.8 Å². The third-order valence-electron chi connectivity index (χ3n) is 3.70. The molecule has 1 unspecified atom stereocenters. The van der Waals surface area contributed by atoms with E-state index in [9.17, 15) is 14.0 Å². The van der Waals surface area contributed by atoms with Crippen LogP contribution in [0.5, 0.6) is 5.75 Å². The molecule has 0 aromatic heterocycles. The highest BCUT2D eigenvalue weighted by molar-refractivity contribution is 6.30. The van der Waals surface area contributed by atoms with E-state index in [0.717, 1.165) is 18.9 Å². The summed E-state index contributed by atoms with van der Waals surface area (Å²) in [5.41, 5.74) is -0.561. The minimum Gasteiger partial charge on any atom is -0.484 e. The number of piperidine rings is 1. The van der Waals surface area contributed by atoms with Gasteiger partial charge in [0.15, 0.2) is 6.61 Å². The number of hydrogen-bond donors (Lipinski definition) is 1. The van der Waals surface area contributed by atoms with E-state index in [1.54, 1.807) is 4.90 Å². The number of carbonyl (C=O) groups is 2. The monoisotopic (exact) mass is 386 g/mol. The van der Waals surface area contributed by atoms with Gasteiger partial charge in [-0.2, -0.15) is 0 Å². The molecule has 0 saturated carbocycles. The van der Waals surface area contributed by atoms with Crippen LogP contribution in [0.1, 0.15) is 33.6 Å². The molecule has 0 radical (unpaired) electrons. The maximum Gasteiger partial charge on any atom is 0.410 e. The van der Waals surface area contributed by atoms with Crippen molar-refractivity contribution < 1.29 is 23.5 Å². The zero-order valence-electron chi connectivity index (χ0n) is 15.2. The molecule has 1 heterocycles. The lowest BCUT2D eigenvalue weighted by Gasteiger charge is -2.34. The first-order valence-corrected chi connectivity index (χ1v) is 8.87. The van der Waals surface area contributed by atoms with Crippen molar-refractivity contribution in [2.45, 2.75) is 45.3 Å². The Hall–Kier alpha value is -2.02. The van der Waals surface area contributed by atoms with E-state index in [0.29, 0.717) is 13.1 Å². The zero-order valence-corrected chi connectivity index (χ0v) is 15.9. The number of likely N-dealkylation sites (tertiary alicyclic amines) is 1. The topological polar surface area (TPSA) is 67.9 Å². The number of benzene rings is 1. The molecule has 1 saturated heterocycles. The predicted octanol–water partition coefficient (Wildman–Crippen LogP) is 3.37. The predicted molar refractivity (Wildman–Crippen MR) is 95.9 cm³/mol. The van der Waals surface area contributed by atoms with Crippen molar-refractivity contribution >= 4 is 23.6 Å². The first-order valence-electron chi connectivity index (χ1n) is 8.49. The summed E-state index contributed by atoms with van der Waals surface area (Å²) in [5.74, 6) is -0.720. The fraction of sp³-hybridized carbons (Fsp3) is 0.556. The molecule has 1 aromatic carbocycles. The van der Waals surface area contributed by atoms with Crippen LogP contribution in [0.2, 0.25) is 5.02 Å². The lowest BCUT2D eigenvalue weighted by molar-refractivity contribution is -0.124. The van der Waals surface area contributed by atoms with Crippen molar-refractivity contribution in [2.75, 3.05) is 19.7 Å². The van der Waals surface area contributed by atoms with Gasteiger partial charge in [-0.25, -0.2) is 9.18 Å². The Morgan fingerprint density at radius 2 is 2.12 bits per heavy atom. The van der Waals surface area contributed by atoms with Gasteiger partial charge in [-0.15, -0.1) is 0 Å². The van der Waals surface area contributed by atoms with Gasteiger partial charge >= 0.3 is 6.09 Å². The Balaban J connectivity index is 1.80. The average molecular weight is 387 g/mol. The molecule has 8 heteroatoms. The maximum atomic E-state index is 13.4. The number of ether oxygens (including phenoxy) is 2. The molecule has 1 aliphatic rings. The fourth-order valence-corrected chi connectivity index (χ4v) is 2.69. The molecule has 2 rings (SSSR count). The smallest absolute Gasteiger partial charge is 0.410 e. The lowest BCUT2D eigenvalue weighted by Crippen LogP contribution is -2.51. The summed E-state index contributed by atoms with van der Waals surface area (Å²) in [6.07, 6.45) is 1.15. The highest BCUT2D eigenvalue weighted by atomic mass is 35.5. The highest BCUT2D eigenvalue weighted by Gasteiger charge is 2.28. The van der Waals surface area contributed by atoms with E-state index in [-0.39, 0.29) is 35.4 Å². The molecule has 0 spiro atoms. The van der Waals surface area contributed by atoms with Crippen LogP contribution in [0, 0.1) is 5.82 Å². The molecule has 1 fully saturated rings. The van der Waals surface area contributed by atoms with E-state index in [4.69, 9.17) is 21.1 Å². The lowest BCUT2D eigenvalue weighted by atomic mass is 10.1. The minimum atomic E-state index is -0.607. The molecule has 0 aliphatic carbocycles. The fourth-order valence-electron chi connectivity index (χ4n) is 2.57. The molecular formula is C18H24ClFN2O4. The number of halogens is 2. The molecule has 1 N–H and O–H groups in total. The Morgan fingerprint density at radius 1 is 1.38 bits per heavy atom. The highest BCUT2D eigenvalue weighted by Crippen LogP contribution is 2.20. The Bertz CT molecular complexity index is 663. The van der Waals surface area contributed by atoms with Crippen molar-refractivity contribution in [2.24, 2.45) is 0 Å². The number of hydrogen-bond acceptors (Lipinski definition) is 4. The summed E-state index contributed by atoms with van der Waals surface area (Å²) in [4.78, 5) is 25.8. The number of nitrogens with zero attached hydrogens (tertiary/aromatic N) is 1. The van der Waals surface area contributed by atoms with Crippen LogP contribution in [0.3, 0.4) is 0 Å². The van der Waals surface area contributed by atoms with Crippen molar-refractivity contribution in [1.29, 1.82) is 0 Å². The summed E-state index contributed by atoms with van der Waals surface area (Å²) in [6, 6.07) is 3.81. The second-order valence-electron chi connectivity index (χ2n) is 7.20. The van der Waals surface area contributed by atoms with Gasteiger partial charge in [0.2, 0.25) is 0 Å². The van der Waals surface area contributed by atoms with Crippen molar-refractivity contribution in [3.05, 3.63) is 29.0 Å². The number of nitrogens with one attached hydrogen (secondary N) is 1. The van der Waals surface area contributed by atoms with Crippen molar-refractivity contribution in [1.82, 2.24) is 10.2 Å². The quantitative estimate of drug-likeness (QED) is 0.861. The number of carbonyl (C=O) groups excluding carboxylic acids is 2. The van der Waals surface area contributed by atoms with Crippen LogP contribution in [-0.2, 0) is 9.53 Å². The molecule has 144 valence electrons. The normalized spacial score (nSPS) is 17.6. The molecule has 2 amide bonds. The molecule has 1 aliphatic heterocycles. The summed E-state index contributed by atoms with van der Waals surface area (Å²) >= 11 is 5.60. The van der Waals surface area contributed by atoms with E-state index < -0.39 is 11.4 Å². The standard InChI is InChI=1S/C18H24ClFN2O4/c1-18(2,3)26-17(24)22-8-4-5-12(10-22)21-16(23)11-25-13-6-7-14(19)15(20)9-13/h6-7,9,12H,4-5,8,10-11H2,1-3H3,(H,21,23). The number of amides is 2. The summed E-state index contributed by atoms with van der Waals surface area (Å²) in [7, 11) is 0. The SMILES string of the molecule is CC(C)(C)OC(=O)N1CCCC(NC(=O)COc2ccc(Cl)c(F)c2)C1. The molecular weight excluding hydrogens is 363 g/mol. The van der Waals surface area contributed by atoms with Gasteiger partial charge in [-0.05, 0) is 45.7 Å². The Morgan fingerprint density at radius 3 is 2.77 bits per heavy atom. The van der Waals surface area contributed by atoms with Crippen molar-refractivity contribution in [3.63, 3.8) is 0 Å². The molecule has 0 bridgehead atoms. The van der Waals surface area contributed by atoms with E-state index >= 15 is 0 Å². The van der Waals surface area contributed by atoms with Gasteiger partial charge in [0, 0.05) is 25.2 Å². The van der Waals surface area contributed by atoms with Crippen LogP contribution in [-0.4, -0.2) is 48.2 Å². The van der Waals surface area contributed by atoms with Crippen LogP contribution in [0.25, 0.3) is 0 Å². The van der Waals surface area contributed by atoms with Gasteiger partial charge in [-0.1, -0.05) is 11.6 Å². The maximum absolute atomic E-state index is 13.4. The summed E-state index contributed by atoms with van der Waals surface area (Å²) < 4.78 is 24.0. The summed E-state index contributed by atoms with van der Waals surface area (Å²) in [5, 5.41) is 2.82. The minimum absolute atomic E-state index is 0.00811. The van der Waals surface area contributed by atoms with Gasteiger partial charge in [0.1, 0.15) is 17.2 Å². The first kappa shape index (κ1) is 20.3. The molecule has 1 aromatic rings. The number of rotatable bonds is 4. The van der Waals surface area contributed by atoms with Crippen molar-refractivity contribution in [3.8, 4) is 5.75 Å². The Kier molecular flexibility index (Phi) is 6.69. The summed E-state index contributed by atoms with van der Waals surface area (Å²) in [6.45, 7) is 6.17. The second-order valence-corrected chi connectivity index (χ2v) is 7.60. The van der Waals surface area contributed by atoms with Gasteiger partial charge < -0.3 is 19.7 Å². The third kappa shape index (κ3) is 6.37. The van der Waals surface area contributed by atoms with Crippen LogP contribution < -0.4 is 10.1 Å². The zero-order chi connectivity index (χ0) is 19.3. The van der Waals surface area contributed by atoms with Gasteiger partial charge in [0.25, 0.3) is 5.91 Å². The van der Waals surface area contributed by atoms with E-state index in [2.05, 4.69) is 5.32 Å². The van der Waals surface area contributed by atoms with Gasteiger partial charge in [-0.3, -0.25) is 4.79 Å². The third-order valence-corrected chi connectivity index (χ3v) is 4.01. The molecule has 1 atom stereocenters. The van der Waals surface area contributed by atoms with Crippen LogP contribution in [0.15, 0.2) is 18.2 Å².